The summed E-state index contributed by atoms with van der Waals surface area (Å²) in [6, 6.07) is 17.0. The molecule has 1 aliphatic rings. The van der Waals surface area contributed by atoms with E-state index in [-0.39, 0.29) is 22.1 Å². The van der Waals surface area contributed by atoms with Gasteiger partial charge in [-0.1, -0.05) is 72.7 Å². The number of pyridine rings is 1. The molecule has 0 saturated carbocycles. The number of rotatable bonds is 1. The molecule has 184 valence electrons. The van der Waals surface area contributed by atoms with Crippen LogP contribution in [0.25, 0.3) is 42.2 Å². The monoisotopic (exact) mass is 495 g/mol. The quantitative estimate of drug-likeness (QED) is 0.225. The third kappa shape index (κ3) is 3.43. The van der Waals surface area contributed by atoms with E-state index >= 15 is 4.39 Å². The second-order valence-corrected chi connectivity index (χ2v) is 13.9. The van der Waals surface area contributed by atoms with Gasteiger partial charge in [0.2, 0.25) is 0 Å². The summed E-state index contributed by atoms with van der Waals surface area (Å²) in [6.07, 6.45) is 4.03. The van der Waals surface area contributed by atoms with Gasteiger partial charge in [-0.05, 0) is 80.8 Å². The lowest BCUT2D eigenvalue weighted by atomic mass is 9.63. The maximum Gasteiger partial charge on any atom is 0.132 e. The Bertz CT molecular complexity index is 1680. The number of hydrogen-bond acceptors (Lipinski definition) is 2. The summed E-state index contributed by atoms with van der Waals surface area (Å²) in [5, 5.41) is 4.23. The first-order chi connectivity index (χ1) is 16.9. The molecular weight excluding hydrogens is 461 g/mol. The van der Waals surface area contributed by atoms with Gasteiger partial charge in [0.15, 0.2) is 0 Å². The molecule has 0 fully saturated rings. The Morgan fingerprint density at radius 1 is 0.861 bits per heavy atom. The van der Waals surface area contributed by atoms with Gasteiger partial charge in [-0.2, -0.15) is 0 Å². The summed E-state index contributed by atoms with van der Waals surface area (Å²) in [6.45, 7) is 15.9. The molecule has 1 aliphatic carbocycles. The highest BCUT2D eigenvalue weighted by Crippen LogP contribution is 2.53. The maximum absolute atomic E-state index is 15.9. The minimum Gasteiger partial charge on any atom is -0.255 e. The highest BCUT2D eigenvalue weighted by Gasteiger charge is 2.40. The Morgan fingerprint density at radius 2 is 1.58 bits per heavy atom. The summed E-state index contributed by atoms with van der Waals surface area (Å²) in [7, 11) is 0. The van der Waals surface area contributed by atoms with Gasteiger partial charge in [-0.25, -0.2) is 4.39 Å². The van der Waals surface area contributed by atoms with Crippen LogP contribution < -0.4 is 0 Å². The predicted molar refractivity (Wildman–Crippen MR) is 154 cm³/mol. The van der Waals surface area contributed by atoms with Crippen LogP contribution in [-0.4, -0.2) is 4.98 Å². The Labute approximate surface area is 217 Å². The first-order valence-corrected chi connectivity index (χ1v) is 13.8. The molecule has 6 rings (SSSR count). The van der Waals surface area contributed by atoms with Crippen LogP contribution in [0, 0.1) is 5.82 Å². The number of hydrogen-bond donors (Lipinski definition) is 0. The lowest BCUT2D eigenvalue weighted by Crippen LogP contribution is -2.34. The number of benzene rings is 3. The molecule has 0 atom stereocenters. The number of fused-ring (bicyclic) bond motifs is 6. The van der Waals surface area contributed by atoms with Crippen LogP contribution in [0.5, 0.6) is 0 Å². The van der Waals surface area contributed by atoms with Crippen molar-refractivity contribution in [2.75, 3.05) is 0 Å². The molecule has 0 aliphatic heterocycles. The van der Waals surface area contributed by atoms with Crippen molar-refractivity contribution in [3.63, 3.8) is 0 Å². The van der Waals surface area contributed by atoms with Crippen LogP contribution in [0.15, 0.2) is 54.7 Å². The van der Waals surface area contributed by atoms with Crippen molar-refractivity contribution in [3.8, 4) is 11.3 Å². The molecule has 0 unspecified atom stereocenters. The van der Waals surface area contributed by atoms with Crippen molar-refractivity contribution in [1.29, 1.82) is 0 Å². The number of nitrogens with zero attached hydrogens (tertiary/aromatic N) is 1. The summed E-state index contributed by atoms with van der Waals surface area (Å²) in [5.74, 6) is -0.105. The average Bonchev–Trinajstić information content (AvgIpc) is 3.20. The van der Waals surface area contributed by atoms with Crippen LogP contribution >= 0.6 is 11.3 Å². The smallest absolute Gasteiger partial charge is 0.132 e. The molecule has 0 bridgehead atoms. The fraction of sp³-hybridized carbons (Fsp3) is 0.364. The largest absolute Gasteiger partial charge is 0.255 e. The fourth-order valence-electron chi connectivity index (χ4n) is 6.19. The molecule has 3 heteroatoms. The normalized spacial score (nSPS) is 17.1. The van der Waals surface area contributed by atoms with E-state index in [1.165, 1.54) is 27.5 Å². The summed E-state index contributed by atoms with van der Waals surface area (Å²) >= 11 is 1.73. The van der Waals surface area contributed by atoms with Crippen LogP contribution in [0.3, 0.4) is 0 Å². The number of halogens is 1. The van der Waals surface area contributed by atoms with E-state index in [4.69, 9.17) is 4.98 Å². The fourth-order valence-corrected chi connectivity index (χ4v) is 7.74. The zero-order chi connectivity index (χ0) is 25.6. The molecule has 0 spiro atoms. The standard InChI is InChI=1S/C33H34FNS/c1-31(2,3)23-17-20(16-19-10-8-9-11-21(19)23)28-29-22(12-15-35-28)26-25(34)18-24-27(30(26)36-29)33(6,7)14-13-32(24,4)5/h8-12,15-18H,13-14H2,1-7H3. The van der Waals surface area contributed by atoms with E-state index in [1.807, 2.05) is 18.3 Å². The molecule has 36 heavy (non-hydrogen) atoms. The van der Waals surface area contributed by atoms with Crippen molar-refractivity contribution in [2.24, 2.45) is 0 Å². The first kappa shape index (κ1) is 23.6. The molecule has 0 radical (unpaired) electrons. The van der Waals surface area contributed by atoms with Gasteiger partial charge >= 0.3 is 0 Å². The van der Waals surface area contributed by atoms with Gasteiger partial charge in [-0.15, -0.1) is 11.3 Å². The van der Waals surface area contributed by atoms with Gasteiger partial charge in [0.1, 0.15) is 5.82 Å². The third-order valence-electron chi connectivity index (χ3n) is 8.34. The second-order valence-electron chi connectivity index (χ2n) is 12.9. The van der Waals surface area contributed by atoms with E-state index in [2.05, 4.69) is 84.9 Å². The second kappa shape index (κ2) is 7.61. The Morgan fingerprint density at radius 3 is 2.33 bits per heavy atom. The number of aromatic nitrogens is 1. The van der Waals surface area contributed by atoms with E-state index in [0.29, 0.717) is 0 Å². The van der Waals surface area contributed by atoms with Gasteiger partial charge in [0.25, 0.3) is 0 Å². The van der Waals surface area contributed by atoms with Crippen molar-refractivity contribution >= 4 is 42.3 Å². The zero-order valence-electron chi connectivity index (χ0n) is 22.3. The molecule has 0 N–H and O–H groups in total. The van der Waals surface area contributed by atoms with E-state index < -0.39 is 0 Å². The van der Waals surface area contributed by atoms with Crippen molar-refractivity contribution in [1.82, 2.24) is 4.98 Å². The zero-order valence-corrected chi connectivity index (χ0v) is 23.2. The molecule has 3 aromatic carbocycles. The molecule has 1 nitrogen and oxygen atoms in total. The molecular formula is C33H34FNS. The van der Waals surface area contributed by atoms with Gasteiger partial charge in [0, 0.05) is 27.2 Å². The summed E-state index contributed by atoms with van der Waals surface area (Å²) in [4.78, 5) is 4.90. The van der Waals surface area contributed by atoms with Gasteiger partial charge < -0.3 is 0 Å². The highest BCUT2D eigenvalue weighted by molar-refractivity contribution is 7.26. The van der Waals surface area contributed by atoms with E-state index in [9.17, 15) is 0 Å². The van der Waals surface area contributed by atoms with Crippen molar-refractivity contribution in [2.45, 2.75) is 77.6 Å². The molecule has 2 aromatic heterocycles. The van der Waals surface area contributed by atoms with Crippen molar-refractivity contribution < 1.29 is 4.39 Å². The van der Waals surface area contributed by atoms with Crippen LogP contribution in [0.2, 0.25) is 0 Å². The molecule has 5 aromatic rings. The van der Waals surface area contributed by atoms with E-state index in [0.717, 1.165) is 44.3 Å². The Balaban J connectivity index is 1.71. The Kier molecular flexibility index (Phi) is 4.99. The lowest BCUT2D eigenvalue weighted by molar-refractivity contribution is 0.333. The molecule has 2 heterocycles. The van der Waals surface area contributed by atoms with Crippen LogP contribution in [0.1, 0.15) is 78.0 Å². The van der Waals surface area contributed by atoms with E-state index in [1.54, 1.807) is 11.3 Å². The summed E-state index contributed by atoms with van der Waals surface area (Å²) in [5.41, 5.74) is 5.83. The molecule has 0 saturated heterocycles. The highest BCUT2D eigenvalue weighted by atomic mass is 32.1. The summed E-state index contributed by atoms with van der Waals surface area (Å²) < 4.78 is 18.1. The SMILES string of the molecule is CC(C)(C)c1cc(-c2nccc3c2sc2c4c(cc(F)c23)C(C)(C)CCC4(C)C)cc2ccccc12. The maximum atomic E-state index is 15.9. The average molecular weight is 496 g/mol. The lowest BCUT2D eigenvalue weighted by Gasteiger charge is -2.42. The van der Waals surface area contributed by atoms with Crippen LogP contribution in [0.4, 0.5) is 4.39 Å². The first-order valence-electron chi connectivity index (χ1n) is 13.0. The molecule has 0 amide bonds. The third-order valence-corrected chi connectivity index (χ3v) is 9.57. The van der Waals surface area contributed by atoms with Gasteiger partial charge in [0.05, 0.1) is 10.4 Å². The number of thiophene rings is 1. The van der Waals surface area contributed by atoms with Crippen LogP contribution in [-0.2, 0) is 16.2 Å². The topological polar surface area (TPSA) is 12.9 Å². The minimum absolute atomic E-state index is 0.00756. The van der Waals surface area contributed by atoms with Crippen molar-refractivity contribution in [3.05, 3.63) is 77.2 Å². The Hall–Kier alpha value is -2.78. The minimum atomic E-state index is -0.105. The predicted octanol–water partition coefficient (Wildman–Crippen LogP) is 10.1. The van der Waals surface area contributed by atoms with Gasteiger partial charge in [-0.3, -0.25) is 4.98 Å².